The average Bonchev–Trinajstić information content (AvgIpc) is 2.56. The highest BCUT2D eigenvalue weighted by molar-refractivity contribution is 5.97. The molecule has 0 saturated heterocycles. The zero-order chi connectivity index (χ0) is 11.9. The molecule has 1 aliphatic rings. The lowest BCUT2D eigenvalue weighted by Gasteiger charge is -2.34. The van der Waals surface area contributed by atoms with Crippen molar-refractivity contribution in [3.05, 3.63) is 23.5 Å². The predicted molar refractivity (Wildman–Crippen MR) is 58.8 cm³/mol. The van der Waals surface area contributed by atoms with E-state index in [2.05, 4.69) is 6.92 Å². The van der Waals surface area contributed by atoms with Crippen LogP contribution < -0.4 is 0 Å². The summed E-state index contributed by atoms with van der Waals surface area (Å²) in [5, 5.41) is 9.06. The van der Waals surface area contributed by atoms with Gasteiger partial charge in [0.15, 0.2) is 5.78 Å². The van der Waals surface area contributed by atoms with Crippen LogP contribution in [0.3, 0.4) is 0 Å². The van der Waals surface area contributed by atoms with Crippen molar-refractivity contribution in [2.75, 3.05) is 0 Å². The largest absolute Gasteiger partial charge is 0.477 e. The van der Waals surface area contributed by atoms with Gasteiger partial charge in [-0.05, 0) is 31.7 Å². The highest BCUT2D eigenvalue weighted by Crippen LogP contribution is 2.38. The number of aromatic nitrogens is 1. The molecule has 4 heteroatoms. The highest BCUT2D eigenvalue weighted by Gasteiger charge is 2.30. The van der Waals surface area contributed by atoms with Gasteiger partial charge in [-0.15, -0.1) is 0 Å². The molecule has 0 atom stereocenters. The number of hydrogen-bond donors (Lipinski definition) is 1. The summed E-state index contributed by atoms with van der Waals surface area (Å²) >= 11 is 0. The number of carbonyl (C=O) groups excluding carboxylic acids is 1. The smallest absolute Gasteiger partial charge is 0.352 e. The average molecular weight is 221 g/mol. The number of nitrogens with zero attached hydrogens (tertiary/aromatic N) is 1. The van der Waals surface area contributed by atoms with E-state index in [1.807, 2.05) is 0 Å². The summed E-state index contributed by atoms with van der Waals surface area (Å²) in [5.41, 5.74) is 0.707. The van der Waals surface area contributed by atoms with Crippen molar-refractivity contribution in [1.29, 1.82) is 0 Å². The number of ketones is 1. The van der Waals surface area contributed by atoms with Crippen LogP contribution in [-0.2, 0) is 0 Å². The Balaban J connectivity index is 2.35. The Kier molecular flexibility index (Phi) is 2.58. The first-order valence-electron chi connectivity index (χ1n) is 5.45. The monoisotopic (exact) mass is 221 g/mol. The Morgan fingerprint density at radius 3 is 2.50 bits per heavy atom. The first-order valence-corrected chi connectivity index (χ1v) is 5.45. The van der Waals surface area contributed by atoms with Gasteiger partial charge in [0.25, 0.3) is 0 Å². The second kappa shape index (κ2) is 3.77. The van der Waals surface area contributed by atoms with Crippen molar-refractivity contribution >= 4 is 11.8 Å². The Morgan fingerprint density at radius 2 is 2.06 bits per heavy atom. The number of carbonyl (C=O) groups is 2. The van der Waals surface area contributed by atoms with Crippen LogP contribution in [-0.4, -0.2) is 21.4 Å². The molecule has 86 valence electrons. The molecule has 0 unspecified atom stereocenters. The normalized spacial score (nSPS) is 23.9. The van der Waals surface area contributed by atoms with E-state index < -0.39 is 5.97 Å². The van der Waals surface area contributed by atoms with Gasteiger partial charge in [-0.3, -0.25) is 4.79 Å². The van der Waals surface area contributed by atoms with Crippen LogP contribution in [0.25, 0.3) is 0 Å². The third kappa shape index (κ3) is 1.75. The summed E-state index contributed by atoms with van der Waals surface area (Å²) in [6.45, 7) is 3.60. The summed E-state index contributed by atoms with van der Waals surface area (Å²) in [7, 11) is 0. The Hall–Kier alpha value is -1.58. The van der Waals surface area contributed by atoms with Crippen molar-refractivity contribution in [2.45, 2.75) is 32.7 Å². The molecule has 0 amide bonds. The molecule has 1 fully saturated rings. The molecule has 2 rings (SSSR count). The third-order valence-electron chi connectivity index (χ3n) is 3.22. The molecule has 1 aliphatic carbocycles. The zero-order valence-corrected chi connectivity index (χ0v) is 9.43. The van der Waals surface area contributed by atoms with Gasteiger partial charge < -0.3 is 9.67 Å². The lowest BCUT2D eigenvalue weighted by Crippen LogP contribution is -2.26. The minimum absolute atomic E-state index is 0.0892. The van der Waals surface area contributed by atoms with Crippen molar-refractivity contribution in [1.82, 2.24) is 4.57 Å². The summed E-state index contributed by atoms with van der Waals surface area (Å²) in [6.07, 6.45) is 3.65. The number of aromatic carboxylic acids is 1. The van der Waals surface area contributed by atoms with E-state index in [1.54, 1.807) is 10.8 Å². The fraction of sp³-hybridized carbons (Fsp3) is 0.500. The first-order chi connectivity index (χ1) is 7.49. The van der Waals surface area contributed by atoms with Crippen molar-refractivity contribution < 1.29 is 14.7 Å². The quantitative estimate of drug-likeness (QED) is 0.797. The molecule has 0 spiro atoms. The van der Waals surface area contributed by atoms with Gasteiger partial charge in [0.05, 0.1) is 0 Å². The fourth-order valence-corrected chi connectivity index (χ4v) is 2.23. The SMILES string of the molecule is CC(=O)c1cc(C(=O)O)n(C2CC(C)C2)c1. The molecule has 4 nitrogen and oxygen atoms in total. The van der Waals surface area contributed by atoms with Gasteiger partial charge in [0.2, 0.25) is 0 Å². The number of rotatable bonds is 3. The van der Waals surface area contributed by atoms with E-state index in [1.165, 1.54) is 13.0 Å². The predicted octanol–water partition coefficient (Wildman–Crippen LogP) is 2.36. The van der Waals surface area contributed by atoms with E-state index in [0.29, 0.717) is 11.5 Å². The Labute approximate surface area is 93.9 Å². The van der Waals surface area contributed by atoms with Crippen LogP contribution in [0.5, 0.6) is 0 Å². The highest BCUT2D eigenvalue weighted by atomic mass is 16.4. The Morgan fingerprint density at radius 1 is 1.44 bits per heavy atom. The lowest BCUT2D eigenvalue weighted by molar-refractivity contribution is 0.0674. The summed E-state index contributed by atoms with van der Waals surface area (Å²) in [4.78, 5) is 22.3. The molecule has 1 heterocycles. The van der Waals surface area contributed by atoms with E-state index in [-0.39, 0.29) is 17.5 Å². The van der Waals surface area contributed by atoms with Crippen LogP contribution in [0.15, 0.2) is 12.3 Å². The Bertz CT molecular complexity index is 441. The van der Waals surface area contributed by atoms with Gasteiger partial charge in [-0.25, -0.2) is 4.79 Å². The fourth-order valence-electron chi connectivity index (χ4n) is 2.23. The maximum absolute atomic E-state index is 11.2. The van der Waals surface area contributed by atoms with Crippen molar-refractivity contribution in [3.63, 3.8) is 0 Å². The maximum Gasteiger partial charge on any atom is 0.352 e. The van der Waals surface area contributed by atoms with Crippen LogP contribution in [0.4, 0.5) is 0 Å². The molecule has 1 N–H and O–H groups in total. The molecule has 0 radical (unpaired) electrons. The molecule has 1 aromatic heterocycles. The number of carboxylic acid groups (broad SMARTS) is 1. The van der Waals surface area contributed by atoms with Gasteiger partial charge in [0, 0.05) is 17.8 Å². The maximum atomic E-state index is 11.2. The third-order valence-corrected chi connectivity index (χ3v) is 3.22. The van der Waals surface area contributed by atoms with Crippen molar-refractivity contribution in [2.24, 2.45) is 5.92 Å². The minimum atomic E-state index is -0.966. The van der Waals surface area contributed by atoms with Crippen LogP contribution in [0, 0.1) is 5.92 Å². The summed E-state index contributed by atoms with van der Waals surface area (Å²) in [5.74, 6) is -0.407. The first kappa shape index (κ1) is 10.9. The topological polar surface area (TPSA) is 59.3 Å². The molecule has 1 aromatic rings. The van der Waals surface area contributed by atoms with Gasteiger partial charge in [-0.1, -0.05) is 6.92 Å². The molecular formula is C12H15NO3. The number of carboxylic acids is 1. The van der Waals surface area contributed by atoms with Crippen LogP contribution in [0.2, 0.25) is 0 Å². The second-order valence-corrected chi connectivity index (χ2v) is 4.61. The zero-order valence-electron chi connectivity index (χ0n) is 9.43. The minimum Gasteiger partial charge on any atom is -0.477 e. The molecule has 16 heavy (non-hydrogen) atoms. The molecular weight excluding hydrogens is 206 g/mol. The van der Waals surface area contributed by atoms with E-state index >= 15 is 0 Å². The van der Waals surface area contributed by atoms with Crippen LogP contribution in [0.1, 0.15) is 53.6 Å². The van der Waals surface area contributed by atoms with E-state index in [0.717, 1.165) is 12.8 Å². The summed E-state index contributed by atoms with van der Waals surface area (Å²) in [6, 6.07) is 1.71. The summed E-state index contributed by atoms with van der Waals surface area (Å²) < 4.78 is 1.74. The number of hydrogen-bond acceptors (Lipinski definition) is 2. The molecule has 1 saturated carbocycles. The standard InChI is InChI=1S/C12H15NO3/c1-7-3-10(4-7)13-6-9(8(2)14)5-11(13)12(15)16/h5-7,10H,3-4H2,1-2H3,(H,15,16). The lowest BCUT2D eigenvalue weighted by atomic mass is 9.81. The second-order valence-electron chi connectivity index (χ2n) is 4.61. The van der Waals surface area contributed by atoms with Gasteiger partial charge >= 0.3 is 5.97 Å². The van der Waals surface area contributed by atoms with Crippen molar-refractivity contribution in [3.8, 4) is 0 Å². The van der Waals surface area contributed by atoms with Gasteiger partial charge in [-0.2, -0.15) is 0 Å². The van der Waals surface area contributed by atoms with Crippen LogP contribution >= 0.6 is 0 Å². The molecule has 0 aliphatic heterocycles. The molecule has 0 bridgehead atoms. The van der Waals surface area contributed by atoms with Gasteiger partial charge in [0.1, 0.15) is 5.69 Å². The van der Waals surface area contributed by atoms with E-state index in [4.69, 9.17) is 5.11 Å². The van der Waals surface area contributed by atoms with E-state index in [9.17, 15) is 9.59 Å². The number of Topliss-reactive ketones (excluding diaryl/α,β-unsaturated/α-hetero) is 1. The molecule has 0 aromatic carbocycles.